The Balaban J connectivity index is 1.57. The Morgan fingerprint density at radius 2 is 1.59 bits per heavy atom. The largest absolute Gasteiger partial charge is 0.404 e. The Labute approximate surface area is 288 Å². The molecule has 2 heterocycles. The Morgan fingerprint density at radius 1 is 0.857 bits per heavy atom. The lowest BCUT2D eigenvalue weighted by Crippen LogP contribution is -1.99. The van der Waals surface area contributed by atoms with Gasteiger partial charge in [0.05, 0.1) is 22.5 Å². The summed E-state index contributed by atoms with van der Waals surface area (Å²) in [7, 11) is 0. The zero-order valence-corrected chi connectivity index (χ0v) is 27.7. The minimum absolute atomic E-state index is 0.182. The van der Waals surface area contributed by atoms with Crippen LogP contribution in [0.2, 0.25) is 0 Å². The molecule has 0 radical (unpaired) electrons. The Morgan fingerprint density at radius 3 is 2.33 bits per heavy atom. The molecule has 49 heavy (non-hydrogen) atoms. The van der Waals surface area contributed by atoms with Gasteiger partial charge in [-0.25, -0.2) is 4.98 Å². The van der Waals surface area contributed by atoms with E-state index >= 15 is 0 Å². The average Bonchev–Trinajstić information content (AvgIpc) is 3.50. The molecule has 2 aromatic heterocycles. The number of thiophene rings is 1. The van der Waals surface area contributed by atoms with Gasteiger partial charge in [0.1, 0.15) is 12.1 Å². The Hall–Kier alpha value is -6.54. The third kappa shape index (κ3) is 6.40. The van der Waals surface area contributed by atoms with Crippen LogP contribution in [0.3, 0.4) is 0 Å². The van der Waals surface area contributed by atoms with Gasteiger partial charge in [-0.2, -0.15) is 10.5 Å². The number of fused-ring (bicyclic) bond motifs is 5. The van der Waals surface area contributed by atoms with E-state index in [2.05, 4.69) is 79.4 Å². The van der Waals surface area contributed by atoms with Gasteiger partial charge in [0.25, 0.3) is 0 Å². The average molecular weight is 653 g/mol. The molecule has 6 aromatic rings. The number of nitrogens with zero attached hydrogens (tertiary/aromatic N) is 3. The molecule has 0 fully saturated rings. The summed E-state index contributed by atoms with van der Waals surface area (Å²) in [5.74, 6) is 0. The molecular weight excluding hydrogens is 621 g/mol. The first-order valence-electron chi connectivity index (χ1n) is 15.6. The molecule has 0 spiro atoms. The molecule has 0 atom stereocenters. The minimum atomic E-state index is 0.182. The Bertz CT molecular complexity index is 2560. The molecule has 0 aliphatic heterocycles. The monoisotopic (exact) mass is 652 g/mol. The second-order valence-electron chi connectivity index (χ2n) is 11.5. The Kier molecular flexibility index (Phi) is 9.30. The van der Waals surface area contributed by atoms with Gasteiger partial charge in [0.2, 0.25) is 0 Å². The molecule has 0 saturated heterocycles. The lowest BCUT2D eigenvalue weighted by atomic mass is 9.88. The first-order valence-corrected chi connectivity index (χ1v) is 16.4. The first kappa shape index (κ1) is 32.4. The lowest BCUT2D eigenvalue weighted by Gasteiger charge is -2.17. The molecule has 0 bridgehead atoms. The van der Waals surface area contributed by atoms with Crippen LogP contribution < -0.4 is 11.5 Å². The number of nitrogens with one attached hydrogen (secondary N) is 1. The van der Waals surface area contributed by atoms with Crippen LogP contribution in [-0.2, 0) is 6.42 Å². The summed E-state index contributed by atoms with van der Waals surface area (Å²) in [6.07, 6.45) is 11.9. The van der Waals surface area contributed by atoms with Crippen LogP contribution in [0.15, 0.2) is 144 Å². The maximum absolute atomic E-state index is 9.44. The standard InChI is InChI=1S/C42H32N6S/c1-26(18-28(22-43)23-44)37(47)14-7-5-11-31-30-10-3-4-13-33(30)42(39-16-9-15-38(48-39)27(2)19-29(24-45)25-46)36-20-35-32-12-6-8-17-40(32)49-41(35)21-34(31)36/h3-10,12-22,24,43H,1,11,45,47H2,2H3/b7-5-,27-19+,28-18+,29-24+,37-14-,43-22?. The van der Waals surface area contributed by atoms with Crippen molar-refractivity contribution in [2.24, 2.45) is 11.5 Å². The number of benzene rings is 4. The predicted octanol–water partition coefficient (Wildman–Crippen LogP) is 9.79. The van der Waals surface area contributed by atoms with E-state index in [-0.39, 0.29) is 5.57 Å². The van der Waals surface area contributed by atoms with Gasteiger partial charge >= 0.3 is 0 Å². The number of nitrogens with two attached hydrogens (primary N) is 2. The van der Waals surface area contributed by atoms with E-state index in [1.54, 1.807) is 23.5 Å². The van der Waals surface area contributed by atoms with E-state index in [0.29, 0.717) is 23.3 Å². The molecule has 6 rings (SSSR count). The summed E-state index contributed by atoms with van der Waals surface area (Å²) in [5, 5.41) is 32.8. The van der Waals surface area contributed by atoms with Crippen LogP contribution in [0, 0.1) is 28.1 Å². The van der Waals surface area contributed by atoms with Gasteiger partial charge in [0, 0.05) is 43.8 Å². The molecule has 7 heteroatoms. The highest BCUT2D eigenvalue weighted by Gasteiger charge is 2.18. The fraction of sp³-hybridized carbons (Fsp3) is 0.0476. The van der Waals surface area contributed by atoms with Gasteiger partial charge < -0.3 is 16.9 Å². The molecule has 4 aromatic carbocycles. The highest BCUT2D eigenvalue weighted by atomic mass is 32.1. The number of nitriles is 2. The highest BCUT2D eigenvalue weighted by Crippen LogP contribution is 2.44. The molecule has 0 saturated carbocycles. The van der Waals surface area contributed by atoms with Crippen molar-refractivity contribution >= 4 is 64.8 Å². The summed E-state index contributed by atoms with van der Waals surface area (Å²) in [6, 6.07) is 31.6. The smallest absolute Gasteiger partial charge is 0.101 e. The third-order valence-electron chi connectivity index (χ3n) is 8.44. The second kappa shape index (κ2) is 14.1. The van der Waals surface area contributed by atoms with Crippen molar-refractivity contribution in [3.8, 4) is 23.4 Å². The van der Waals surface area contributed by atoms with Crippen molar-refractivity contribution in [1.29, 1.82) is 15.9 Å². The number of hydrogen-bond donors (Lipinski definition) is 3. The number of aromatic nitrogens is 1. The van der Waals surface area contributed by atoms with Crippen LogP contribution in [-0.4, -0.2) is 11.2 Å². The molecule has 0 aliphatic rings. The van der Waals surface area contributed by atoms with Crippen molar-refractivity contribution in [1.82, 2.24) is 4.98 Å². The second-order valence-corrected chi connectivity index (χ2v) is 12.6. The summed E-state index contributed by atoms with van der Waals surface area (Å²) in [4.78, 5) is 5.14. The van der Waals surface area contributed by atoms with Gasteiger partial charge in [0.15, 0.2) is 0 Å². The minimum Gasteiger partial charge on any atom is -0.404 e. The van der Waals surface area contributed by atoms with Crippen molar-refractivity contribution in [2.45, 2.75) is 13.3 Å². The SMILES string of the molecule is C=C(/C=C(/C#N)C=N)/C(N)=C/C=C\Cc1c2ccccc2c(-c2cccc(/C(C)=C/C(C#N)=C\N)n2)c2cc3c(cc12)sc1ccccc13. The van der Waals surface area contributed by atoms with E-state index in [0.717, 1.165) is 50.3 Å². The molecule has 5 N–H and O–H groups in total. The van der Waals surface area contributed by atoms with Crippen LogP contribution in [0.1, 0.15) is 18.2 Å². The molecule has 0 amide bonds. The first-order chi connectivity index (χ1) is 23.9. The third-order valence-corrected chi connectivity index (χ3v) is 9.58. The number of rotatable bonds is 9. The maximum atomic E-state index is 9.44. The van der Waals surface area contributed by atoms with Crippen molar-refractivity contribution in [2.75, 3.05) is 0 Å². The predicted molar refractivity (Wildman–Crippen MR) is 206 cm³/mol. The topological polar surface area (TPSA) is 136 Å². The molecular formula is C42H32N6S. The van der Waals surface area contributed by atoms with Crippen molar-refractivity contribution in [3.05, 3.63) is 156 Å². The molecule has 0 aliphatic carbocycles. The zero-order chi connectivity index (χ0) is 34.5. The van der Waals surface area contributed by atoms with Gasteiger partial charge in [-0.3, -0.25) is 0 Å². The number of pyridine rings is 1. The van der Waals surface area contributed by atoms with Gasteiger partial charge in [-0.15, -0.1) is 11.3 Å². The van der Waals surface area contributed by atoms with E-state index < -0.39 is 0 Å². The number of hydrogen-bond acceptors (Lipinski definition) is 7. The van der Waals surface area contributed by atoms with Gasteiger partial charge in [-0.05, 0) is 100 Å². The van der Waals surface area contributed by atoms with E-state index in [1.165, 1.54) is 38.0 Å². The van der Waals surface area contributed by atoms with Crippen molar-refractivity contribution in [3.63, 3.8) is 0 Å². The zero-order valence-electron chi connectivity index (χ0n) is 26.9. The van der Waals surface area contributed by atoms with E-state index in [1.807, 2.05) is 37.3 Å². The summed E-state index contributed by atoms with van der Waals surface area (Å²) < 4.78 is 2.45. The normalized spacial score (nSPS) is 13.0. The molecule has 236 valence electrons. The summed E-state index contributed by atoms with van der Waals surface area (Å²) in [5.41, 5.74) is 18.0. The lowest BCUT2D eigenvalue weighted by molar-refractivity contribution is 1.27. The molecule has 6 nitrogen and oxygen atoms in total. The van der Waals surface area contributed by atoms with Crippen molar-refractivity contribution < 1.29 is 0 Å². The molecule has 0 unspecified atom stereocenters. The van der Waals surface area contributed by atoms with Crippen LogP contribution in [0.4, 0.5) is 0 Å². The quantitative estimate of drug-likeness (QED) is 0.0618. The summed E-state index contributed by atoms with van der Waals surface area (Å²) in [6.45, 7) is 5.88. The van der Waals surface area contributed by atoms with Crippen LogP contribution >= 0.6 is 11.3 Å². The van der Waals surface area contributed by atoms with E-state index in [4.69, 9.17) is 27.1 Å². The maximum Gasteiger partial charge on any atom is 0.101 e. The van der Waals surface area contributed by atoms with Crippen LogP contribution in [0.5, 0.6) is 0 Å². The summed E-state index contributed by atoms with van der Waals surface area (Å²) >= 11 is 1.79. The van der Waals surface area contributed by atoms with E-state index in [9.17, 15) is 5.26 Å². The fourth-order valence-electron chi connectivity index (χ4n) is 6.04. The highest BCUT2D eigenvalue weighted by molar-refractivity contribution is 7.25. The number of allylic oxidation sites excluding steroid dienone is 8. The fourth-order valence-corrected chi connectivity index (χ4v) is 7.17. The van der Waals surface area contributed by atoms with Gasteiger partial charge in [-0.1, -0.05) is 67.3 Å². The van der Waals surface area contributed by atoms with Crippen LogP contribution in [0.25, 0.3) is 58.5 Å².